The average Bonchev–Trinajstić information content (AvgIpc) is 3.28. The average molecular weight is 461 g/mol. The molecule has 1 aromatic carbocycles. The van der Waals surface area contributed by atoms with Crippen LogP contribution in [0.25, 0.3) is 0 Å². The molecule has 0 spiro atoms. The van der Waals surface area contributed by atoms with Crippen molar-refractivity contribution >= 4 is 11.7 Å². The van der Waals surface area contributed by atoms with E-state index in [0.29, 0.717) is 0 Å². The Morgan fingerprint density at radius 3 is 2.42 bits per heavy atom. The van der Waals surface area contributed by atoms with Crippen LogP contribution in [-0.2, 0) is 13.6 Å². The van der Waals surface area contributed by atoms with Crippen molar-refractivity contribution < 1.29 is 18.0 Å². The summed E-state index contributed by atoms with van der Waals surface area (Å²) in [6.45, 7) is 5.98. The molecule has 0 unspecified atom stereocenters. The number of hydrogen-bond acceptors (Lipinski definition) is 4. The molecule has 4 rings (SSSR count). The number of anilines is 1. The van der Waals surface area contributed by atoms with Crippen LogP contribution in [0.5, 0.6) is 0 Å². The molecule has 1 aliphatic heterocycles. The summed E-state index contributed by atoms with van der Waals surface area (Å²) < 4.78 is 44.4. The summed E-state index contributed by atoms with van der Waals surface area (Å²) in [5.74, 6) is -0.270. The third-order valence-electron chi connectivity index (χ3n) is 6.29. The number of aryl methyl sites for hydroxylation is 3. The van der Waals surface area contributed by atoms with Gasteiger partial charge in [0.1, 0.15) is 5.82 Å². The van der Waals surface area contributed by atoms with Crippen LogP contribution >= 0.6 is 0 Å². The van der Waals surface area contributed by atoms with Crippen molar-refractivity contribution in [3.05, 3.63) is 64.1 Å². The molecular weight excluding hydrogens is 433 g/mol. The molecule has 3 aromatic rings. The second-order valence-electron chi connectivity index (χ2n) is 8.69. The third-order valence-corrected chi connectivity index (χ3v) is 6.29. The maximum absolute atomic E-state index is 13.9. The molecule has 2 aromatic heterocycles. The van der Waals surface area contributed by atoms with Crippen molar-refractivity contribution in [1.82, 2.24) is 24.5 Å². The van der Waals surface area contributed by atoms with Crippen LogP contribution in [0, 0.1) is 20.8 Å². The number of halogens is 3. The van der Waals surface area contributed by atoms with Crippen LogP contribution < -0.4 is 5.32 Å². The molecule has 0 aliphatic carbocycles. The normalized spacial score (nSPS) is 18.1. The molecule has 10 heteroatoms. The van der Waals surface area contributed by atoms with Crippen molar-refractivity contribution in [2.45, 2.75) is 52.0 Å². The second-order valence-corrected chi connectivity index (χ2v) is 8.69. The van der Waals surface area contributed by atoms with E-state index >= 15 is 0 Å². The predicted molar refractivity (Wildman–Crippen MR) is 118 cm³/mol. The Kier molecular flexibility index (Phi) is 5.71. The summed E-state index contributed by atoms with van der Waals surface area (Å²) in [5, 5.41) is 11.6. The predicted octanol–water partition coefficient (Wildman–Crippen LogP) is 4.47. The topological polar surface area (TPSA) is 68.0 Å². The van der Waals surface area contributed by atoms with Crippen LogP contribution in [0.1, 0.15) is 57.1 Å². The van der Waals surface area contributed by atoms with Crippen LogP contribution in [-0.4, -0.2) is 43.6 Å². The fraction of sp³-hybridized carbons (Fsp3) is 0.435. The first-order valence-corrected chi connectivity index (χ1v) is 10.7. The zero-order valence-corrected chi connectivity index (χ0v) is 19.2. The lowest BCUT2D eigenvalue weighted by Crippen LogP contribution is -2.35. The summed E-state index contributed by atoms with van der Waals surface area (Å²) in [7, 11) is 3.43. The monoisotopic (exact) mass is 460 g/mol. The quantitative estimate of drug-likeness (QED) is 0.624. The van der Waals surface area contributed by atoms with E-state index in [1.54, 1.807) is 11.7 Å². The number of alkyl halides is 3. The fourth-order valence-corrected chi connectivity index (χ4v) is 4.25. The minimum Gasteiger partial charge on any atom is -0.363 e. The highest BCUT2D eigenvalue weighted by molar-refractivity contribution is 5.93. The summed E-state index contributed by atoms with van der Waals surface area (Å²) in [4.78, 5) is 14.5. The molecule has 176 valence electrons. The Morgan fingerprint density at radius 2 is 1.85 bits per heavy atom. The number of nitrogens with one attached hydrogen (secondary N) is 1. The Morgan fingerprint density at radius 1 is 1.18 bits per heavy atom. The van der Waals surface area contributed by atoms with Gasteiger partial charge < -0.3 is 10.2 Å². The van der Waals surface area contributed by atoms with Gasteiger partial charge in [-0.15, -0.1) is 0 Å². The van der Waals surface area contributed by atoms with Crippen LogP contribution in [0.15, 0.2) is 30.3 Å². The van der Waals surface area contributed by atoms with Gasteiger partial charge in [0.2, 0.25) is 0 Å². The minimum atomic E-state index is -4.50. The molecule has 1 aliphatic rings. The van der Waals surface area contributed by atoms with E-state index in [1.165, 1.54) is 11.0 Å². The molecule has 0 saturated carbocycles. The summed E-state index contributed by atoms with van der Waals surface area (Å²) >= 11 is 0. The number of aromatic nitrogens is 4. The molecule has 2 atom stereocenters. The van der Waals surface area contributed by atoms with Gasteiger partial charge in [-0.2, -0.15) is 23.4 Å². The molecule has 0 fully saturated rings. The molecular formula is C23H27F3N6O. The summed E-state index contributed by atoms with van der Waals surface area (Å²) in [5.41, 5.74) is 4.40. The molecule has 1 N–H and O–H groups in total. The lowest BCUT2D eigenvalue weighted by molar-refractivity contribution is -0.173. The fourth-order valence-electron chi connectivity index (χ4n) is 4.25. The highest BCUT2D eigenvalue weighted by Gasteiger charge is 2.47. The standard InChI is InChI=1S/C23H27F3N6O/c1-13-6-8-16(9-7-13)18-10-20(23(24,25)26)32-21(27-18)11-19(29-32)22(33)30(4)12-17-14(2)28-31(5)15(17)3/h6-9,11,18,20,27H,10,12H2,1-5H3/t18-,20-/m1/s1. The zero-order chi connectivity index (χ0) is 24.1. The lowest BCUT2D eigenvalue weighted by atomic mass is 9.96. The summed E-state index contributed by atoms with van der Waals surface area (Å²) in [6, 6.07) is 6.43. The van der Waals surface area contributed by atoms with Gasteiger partial charge in [0.05, 0.1) is 11.7 Å². The van der Waals surface area contributed by atoms with Gasteiger partial charge in [-0.25, -0.2) is 4.68 Å². The lowest BCUT2D eigenvalue weighted by Gasteiger charge is -2.33. The van der Waals surface area contributed by atoms with Crippen LogP contribution in [0.3, 0.4) is 0 Å². The first-order valence-electron chi connectivity index (χ1n) is 10.7. The Hall–Kier alpha value is -3.30. The van der Waals surface area contributed by atoms with Gasteiger partial charge in [-0.3, -0.25) is 9.48 Å². The molecule has 0 bridgehead atoms. The molecule has 0 radical (unpaired) electrons. The Labute approximate surface area is 190 Å². The molecule has 1 amide bonds. The minimum absolute atomic E-state index is 0.0296. The van der Waals surface area contributed by atoms with Gasteiger partial charge in [0.25, 0.3) is 5.91 Å². The van der Waals surface area contributed by atoms with Crippen molar-refractivity contribution in [2.24, 2.45) is 7.05 Å². The van der Waals surface area contributed by atoms with E-state index < -0.39 is 24.2 Å². The number of benzene rings is 1. The number of rotatable bonds is 4. The number of carbonyl (C=O) groups is 1. The molecule has 0 saturated heterocycles. The van der Waals surface area contributed by atoms with Crippen LogP contribution in [0.4, 0.5) is 19.0 Å². The van der Waals surface area contributed by atoms with Crippen molar-refractivity contribution in [2.75, 3.05) is 12.4 Å². The van der Waals surface area contributed by atoms with Gasteiger partial charge in [0.15, 0.2) is 11.7 Å². The number of fused-ring (bicyclic) bond motifs is 1. The van der Waals surface area contributed by atoms with E-state index in [9.17, 15) is 18.0 Å². The summed E-state index contributed by atoms with van der Waals surface area (Å²) in [6.07, 6.45) is -4.71. The van der Waals surface area contributed by atoms with Crippen molar-refractivity contribution in [3.63, 3.8) is 0 Å². The van der Waals surface area contributed by atoms with E-state index in [2.05, 4.69) is 15.5 Å². The smallest absolute Gasteiger partial charge is 0.363 e. The Bertz CT molecular complexity index is 1180. The SMILES string of the molecule is Cc1ccc([C@H]2C[C@H](C(F)(F)F)n3nc(C(=O)N(C)Cc4c(C)nn(C)c4C)cc3N2)cc1. The van der Waals surface area contributed by atoms with Crippen LogP contribution in [0.2, 0.25) is 0 Å². The van der Waals surface area contributed by atoms with E-state index in [0.717, 1.165) is 32.8 Å². The number of nitrogens with zero attached hydrogens (tertiary/aromatic N) is 5. The highest BCUT2D eigenvalue weighted by Crippen LogP contribution is 2.43. The number of carbonyl (C=O) groups excluding carboxylic acids is 1. The first-order chi connectivity index (χ1) is 15.5. The second kappa shape index (κ2) is 8.24. The number of amides is 1. The molecule has 7 nitrogen and oxygen atoms in total. The maximum atomic E-state index is 13.9. The van der Waals surface area contributed by atoms with Gasteiger partial charge in [-0.1, -0.05) is 29.8 Å². The van der Waals surface area contributed by atoms with Gasteiger partial charge >= 0.3 is 6.18 Å². The highest BCUT2D eigenvalue weighted by atomic mass is 19.4. The Balaban J connectivity index is 1.62. The third kappa shape index (κ3) is 4.34. The first kappa shape index (κ1) is 22.9. The van der Waals surface area contributed by atoms with E-state index in [1.807, 2.05) is 52.1 Å². The van der Waals surface area contributed by atoms with Crippen molar-refractivity contribution in [3.8, 4) is 0 Å². The molecule has 33 heavy (non-hydrogen) atoms. The van der Waals surface area contributed by atoms with Crippen molar-refractivity contribution in [1.29, 1.82) is 0 Å². The van der Waals surface area contributed by atoms with Gasteiger partial charge in [-0.05, 0) is 26.3 Å². The van der Waals surface area contributed by atoms with E-state index in [-0.39, 0.29) is 24.5 Å². The van der Waals surface area contributed by atoms with E-state index in [4.69, 9.17) is 0 Å². The molecule has 3 heterocycles. The maximum Gasteiger partial charge on any atom is 0.410 e. The van der Waals surface area contributed by atoms with Gasteiger partial charge in [0, 0.05) is 44.4 Å². The zero-order valence-electron chi connectivity index (χ0n) is 19.2. The largest absolute Gasteiger partial charge is 0.410 e. The number of hydrogen-bond donors (Lipinski definition) is 1.